The fraction of sp³-hybridized carbons (Fsp3) is 0.520. The van der Waals surface area contributed by atoms with Gasteiger partial charge in [-0.3, -0.25) is 9.78 Å². The molecule has 1 saturated carbocycles. The summed E-state index contributed by atoms with van der Waals surface area (Å²) < 4.78 is 0. The number of halogens is 1. The molecule has 1 atom stereocenters. The Balaban J connectivity index is 0.00000256. The number of pyridine rings is 1. The Hall–Kier alpha value is -1.91. The van der Waals surface area contributed by atoms with Gasteiger partial charge in [-0.25, -0.2) is 0 Å². The van der Waals surface area contributed by atoms with E-state index in [0.29, 0.717) is 24.4 Å². The molecule has 1 N–H and O–H groups in total. The van der Waals surface area contributed by atoms with Crippen LogP contribution in [0.5, 0.6) is 0 Å². The van der Waals surface area contributed by atoms with Crippen molar-refractivity contribution in [2.75, 3.05) is 13.1 Å². The lowest BCUT2D eigenvalue weighted by Gasteiger charge is -2.36. The predicted octanol–water partition coefficient (Wildman–Crippen LogP) is 4.95. The normalized spacial score (nSPS) is 24.3. The van der Waals surface area contributed by atoms with E-state index >= 15 is 0 Å². The van der Waals surface area contributed by atoms with Crippen molar-refractivity contribution in [3.05, 3.63) is 66.0 Å². The Kier molecular flexibility index (Phi) is 8.71. The zero-order valence-corrected chi connectivity index (χ0v) is 18.5. The summed E-state index contributed by atoms with van der Waals surface area (Å²) in [5.41, 5.74) is 2.43. The maximum atomic E-state index is 13.6. The van der Waals surface area contributed by atoms with Gasteiger partial charge < -0.3 is 10.2 Å². The van der Waals surface area contributed by atoms with Crippen LogP contribution in [0.1, 0.15) is 62.1 Å². The maximum absolute atomic E-state index is 13.6. The summed E-state index contributed by atoms with van der Waals surface area (Å²) in [5.74, 6) is 1.12. The van der Waals surface area contributed by atoms with Crippen LogP contribution in [0.25, 0.3) is 0 Å². The molecular formula is C25H34ClN3O. The van der Waals surface area contributed by atoms with E-state index in [0.717, 1.165) is 63.7 Å². The smallest absolute Gasteiger partial charge is 0.226 e. The first-order valence-corrected chi connectivity index (χ1v) is 11.3. The standard InChI is InChI=1S/C25H33N3O.ClH/c29-25(22-13-11-21(12-14-22)20-7-2-1-3-8-20)28(19-23-9-4-5-17-27-23)24-10-6-16-26-18-15-24;/h1-5,7-9,17,21-22,24,26H,6,10-16,18-19H2;1H. The molecule has 0 spiro atoms. The molecule has 2 fully saturated rings. The largest absolute Gasteiger partial charge is 0.334 e. The summed E-state index contributed by atoms with van der Waals surface area (Å²) in [6, 6.07) is 17.1. The number of amides is 1. The molecule has 1 saturated heterocycles. The number of aromatic nitrogens is 1. The monoisotopic (exact) mass is 427 g/mol. The van der Waals surface area contributed by atoms with Crippen molar-refractivity contribution in [2.24, 2.45) is 5.92 Å². The molecule has 162 valence electrons. The number of hydrogen-bond donors (Lipinski definition) is 1. The summed E-state index contributed by atoms with van der Waals surface area (Å²) in [4.78, 5) is 20.3. The van der Waals surface area contributed by atoms with Crippen LogP contribution in [-0.2, 0) is 11.3 Å². The summed E-state index contributed by atoms with van der Waals surface area (Å²) in [5, 5.41) is 3.48. The highest BCUT2D eigenvalue weighted by molar-refractivity contribution is 5.85. The quantitative estimate of drug-likeness (QED) is 0.734. The van der Waals surface area contributed by atoms with Gasteiger partial charge in [-0.2, -0.15) is 0 Å². The molecule has 1 aliphatic heterocycles. The van der Waals surface area contributed by atoms with E-state index in [9.17, 15) is 4.79 Å². The lowest BCUT2D eigenvalue weighted by Crippen LogP contribution is -2.44. The fourth-order valence-corrected chi connectivity index (χ4v) is 5.00. The minimum Gasteiger partial charge on any atom is -0.334 e. The Labute approximate surface area is 186 Å². The van der Waals surface area contributed by atoms with Crippen molar-refractivity contribution >= 4 is 18.3 Å². The van der Waals surface area contributed by atoms with Crippen LogP contribution in [0.2, 0.25) is 0 Å². The first-order chi connectivity index (χ1) is 14.3. The molecule has 0 radical (unpaired) electrons. The molecule has 2 heterocycles. The molecule has 1 aliphatic carbocycles. The first-order valence-electron chi connectivity index (χ1n) is 11.3. The molecule has 1 aromatic carbocycles. The zero-order valence-electron chi connectivity index (χ0n) is 17.7. The number of benzene rings is 1. The molecular weight excluding hydrogens is 394 g/mol. The number of carbonyl (C=O) groups is 1. The maximum Gasteiger partial charge on any atom is 0.226 e. The van der Waals surface area contributed by atoms with Gasteiger partial charge in [0.2, 0.25) is 5.91 Å². The topological polar surface area (TPSA) is 45.2 Å². The van der Waals surface area contributed by atoms with Crippen LogP contribution < -0.4 is 5.32 Å². The van der Waals surface area contributed by atoms with Crippen molar-refractivity contribution in [2.45, 2.75) is 63.5 Å². The van der Waals surface area contributed by atoms with Gasteiger partial charge in [0.15, 0.2) is 0 Å². The fourth-order valence-electron chi connectivity index (χ4n) is 5.00. The zero-order chi connectivity index (χ0) is 19.9. The van der Waals surface area contributed by atoms with E-state index in [-0.39, 0.29) is 18.3 Å². The Morgan fingerprint density at radius 2 is 1.70 bits per heavy atom. The Bertz CT molecular complexity index is 754. The minimum absolute atomic E-state index is 0. The lowest BCUT2D eigenvalue weighted by molar-refractivity contribution is -0.140. The van der Waals surface area contributed by atoms with E-state index < -0.39 is 0 Å². The second-order valence-corrected chi connectivity index (χ2v) is 8.58. The van der Waals surface area contributed by atoms with Gasteiger partial charge in [-0.15, -0.1) is 12.4 Å². The van der Waals surface area contributed by atoms with Crippen LogP contribution in [0, 0.1) is 5.92 Å². The summed E-state index contributed by atoms with van der Waals surface area (Å²) >= 11 is 0. The van der Waals surface area contributed by atoms with Crippen molar-refractivity contribution in [1.82, 2.24) is 15.2 Å². The molecule has 0 bridgehead atoms. The Morgan fingerprint density at radius 3 is 2.43 bits per heavy atom. The van der Waals surface area contributed by atoms with E-state index in [1.54, 1.807) is 0 Å². The van der Waals surface area contributed by atoms with E-state index in [1.807, 2.05) is 24.4 Å². The van der Waals surface area contributed by atoms with Crippen LogP contribution in [-0.4, -0.2) is 34.9 Å². The third-order valence-electron chi connectivity index (χ3n) is 6.67. The highest BCUT2D eigenvalue weighted by Gasteiger charge is 2.33. The molecule has 5 heteroatoms. The summed E-state index contributed by atoms with van der Waals surface area (Å²) in [6.07, 6.45) is 9.33. The molecule has 2 aliphatic rings. The van der Waals surface area contributed by atoms with Crippen LogP contribution >= 0.6 is 12.4 Å². The number of hydrogen-bond acceptors (Lipinski definition) is 3. The second-order valence-electron chi connectivity index (χ2n) is 8.58. The van der Waals surface area contributed by atoms with E-state index in [4.69, 9.17) is 0 Å². The van der Waals surface area contributed by atoms with Gasteiger partial charge in [-0.1, -0.05) is 36.4 Å². The van der Waals surface area contributed by atoms with Crippen LogP contribution in [0.15, 0.2) is 54.7 Å². The summed E-state index contributed by atoms with van der Waals surface area (Å²) in [6.45, 7) is 2.70. The van der Waals surface area contributed by atoms with Crippen LogP contribution in [0.3, 0.4) is 0 Å². The number of carbonyl (C=O) groups excluding carboxylic acids is 1. The molecule has 1 aromatic heterocycles. The predicted molar refractivity (Wildman–Crippen MR) is 124 cm³/mol. The minimum atomic E-state index is 0. The second kappa shape index (κ2) is 11.5. The first kappa shape index (κ1) is 22.8. The van der Waals surface area contributed by atoms with Gasteiger partial charge >= 0.3 is 0 Å². The molecule has 30 heavy (non-hydrogen) atoms. The molecule has 1 amide bonds. The van der Waals surface area contributed by atoms with Crippen molar-refractivity contribution in [1.29, 1.82) is 0 Å². The molecule has 4 rings (SSSR count). The SMILES string of the molecule is Cl.O=C(C1CCC(c2ccccc2)CC1)N(Cc1ccccn1)C1CCCNCC1. The van der Waals surface area contributed by atoms with E-state index in [1.165, 1.54) is 5.56 Å². The van der Waals surface area contributed by atoms with E-state index in [2.05, 4.69) is 45.5 Å². The molecule has 4 nitrogen and oxygen atoms in total. The number of nitrogens with zero attached hydrogens (tertiary/aromatic N) is 2. The summed E-state index contributed by atoms with van der Waals surface area (Å²) in [7, 11) is 0. The van der Waals surface area contributed by atoms with Gasteiger partial charge in [-0.05, 0) is 81.6 Å². The lowest BCUT2D eigenvalue weighted by atomic mass is 9.78. The third kappa shape index (κ3) is 5.83. The van der Waals surface area contributed by atoms with Crippen LogP contribution in [0.4, 0.5) is 0 Å². The van der Waals surface area contributed by atoms with Gasteiger partial charge in [0.1, 0.15) is 0 Å². The van der Waals surface area contributed by atoms with Gasteiger partial charge in [0.05, 0.1) is 12.2 Å². The molecule has 1 unspecified atom stereocenters. The highest BCUT2D eigenvalue weighted by atomic mass is 35.5. The van der Waals surface area contributed by atoms with Crippen molar-refractivity contribution in [3.8, 4) is 0 Å². The molecule has 2 aromatic rings. The van der Waals surface area contributed by atoms with Crippen molar-refractivity contribution < 1.29 is 4.79 Å². The number of rotatable bonds is 5. The van der Waals surface area contributed by atoms with Crippen molar-refractivity contribution in [3.63, 3.8) is 0 Å². The van der Waals surface area contributed by atoms with Gasteiger partial charge in [0.25, 0.3) is 0 Å². The van der Waals surface area contributed by atoms with Gasteiger partial charge in [0, 0.05) is 18.2 Å². The average Bonchev–Trinajstić information content (AvgIpc) is 3.08. The average molecular weight is 428 g/mol. The number of nitrogens with one attached hydrogen (secondary N) is 1. The third-order valence-corrected chi connectivity index (χ3v) is 6.67. The highest BCUT2D eigenvalue weighted by Crippen LogP contribution is 2.37. The Morgan fingerprint density at radius 1 is 0.933 bits per heavy atom.